The molecule has 1 aromatic heterocycles. The SMILES string of the molecule is NC(=O)c1ccc2ccn(C3CC4CCC(C3)N4Cc3ccc(F)cc3)c2c1. The normalized spacial score (nSPS) is 24.7. The average Bonchev–Trinajstić information content (AvgIpc) is 3.20. The predicted octanol–water partition coefficient (Wildman–Crippen LogP) is 4.25. The summed E-state index contributed by atoms with van der Waals surface area (Å²) in [5, 5.41) is 1.14. The molecule has 2 fully saturated rings. The molecule has 0 spiro atoms. The highest BCUT2D eigenvalue weighted by molar-refractivity contribution is 5.97. The van der Waals surface area contributed by atoms with Crippen LogP contribution in [0.5, 0.6) is 0 Å². The largest absolute Gasteiger partial charge is 0.366 e. The van der Waals surface area contributed by atoms with E-state index in [4.69, 9.17) is 5.73 Å². The van der Waals surface area contributed by atoms with Gasteiger partial charge in [-0.3, -0.25) is 9.69 Å². The lowest BCUT2D eigenvalue weighted by molar-refractivity contribution is 0.0997. The molecule has 5 rings (SSSR count). The van der Waals surface area contributed by atoms with Crippen LogP contribution in [-0.2, 0) is 6.54 Å². The maximum atomic E-state index is 13.2. The van der Waals surface area contributed by atoms with Crippen LogP contribution in [0.4, 0.5) is 4.39 Å². The van der Waals surface area contributed by atoms with E-state index in [2.05, 4.69) is 21.7 Å². The van der Waals surface area contributed by atoms with E-state index in [1.807, 2.05) is 24.3 Å². The Morgan fingerprint density at radius 3 is 2.39 bits per heavy atom. The Morgan fingerprint density at radius 1 is 1.00 bits per heavy atom. The van der Waals surface area contributed by atoms with Crippen LogP contribution in [0.1, 0.15) is 47.6 Å². The number of aromatic nitrogens is 1. The van der Waals surface area contributed by atoms with Crippen molar-refractivity contribution < 1.29 is 9.18 Å². The highest BCUT2D eigenvalue weighted by Crippen LogP contribution is 2.42. The molecule has 0 saturated carbocycles. The van der Waals surface area contributed by atoms with Crippen LogP contribution in [0.15, 0.2) is 54.7 Å². The molecule has 2 aliphatic rings. The Morgan fingerprint density at radius 2 is 1.71 bits per heavy atom. The van der Waals surface area contributed by atoms with Crippen molar-refractivity contribution in [3.8, 4) is 0 Å². The molecular formula is C23H24FN3O. The first-order valence-corrected chi connectivity index (χ1v) is 9.99. The standard InChI is InChI=1S/C23H24FN3O/c24-18-5-1-15(2-6-18)14-27-19-7-8-20(27)13-21(12-19)26-10-9-16-3-4-17(23(25)28)11-22(16)26/h1-6,9-11,19-21H,7-8,12-14H2,(H2,25,28). The Balaban J connectivity index is 1.38. The van der Waals surface area contributed by atoms with E-state index in [1.54, 1.807) is 18.2 Å². The van der Waals surface area contributed by atoms with Crippen LogP contribution in [0.3, 0.4) is 0 Å². The number of primary amides is 1. The van der Waals surface area contributed by atoms with Crippen molar-refractivity contribution in [3.63, 3.8) is 0 Å². The second-order valence-electron chi connectivity index (χ2n) is 8.17. The first-order valence-electron chi connectivity index (χ1n) is 9.99. The molecule has 5 heteroatoms. The van der Waals surface area contributed by atoms with Gasteiger partial charge in [0.05, 0.1) is 0 Å². The number of amides is 1. The summed E-state index contributed by atoms with van der Waals surface area (Å²) < 4.78 is 15.5. The molecule has 3 heterocycles. The molecule has 2 saturated heterocycles. The third-order valence-corrected chi connectivity index (χ3v) is 6.54. The van der Waals surface area contributed by atoms with Gasteiger partial charge in [0.1, 0.15) is 5.82 Å². The quantitative estimate of drug-likeness (QED) is 0.739. The summed E-state index contributed by atoms with van der Waals surface area (Å²) in [6.07, 6.45) is 6.78. The number of nitrogens with zero attached hydrogens (tertiary/aromatic N) is 2. The average molecular weight is 377 g/mol. The fourth-order valence-corrected chi connectivity index (χ4v) is 5.15. The topological polar surface area (TPSA) is 51.3 Å². The lowest BCUT2D eigenvalue weighted by atomic mass is 9.96. The minimum Gasteiger partial charge on any atom is -0.366 e. The minimum atomic E-state index is -0.385. The van der Waals surface area contributed by atoms with E-state index >= 15 is 0 Å². The van der Waals surface area contributed by atoms with Crippen LogP contribution >= 0.6 is 0 Å². The predicted molar refractivity (Wildman–Crippen MR) is 107 cm³/mol. The van der Waals surface area contributed by atoms with E-state index in [0.717, 1.165) is 30.3 Å². The van der Waals surface area contributed by atoms with E-state index in [0.29, 0.717) is 23.7 Å². The van der Waals surface area contributed by atoms with Gasteiger partial charge < -0.3 is 10.3 Å². The van der Waals surface area contributed by atoms with Gasteiger partial charge in [-0.25, -0.2) is 4.39 Å². The molecule has 144 valence electrons. The second kappa shape index (κ2) is 6.74. The first kappa shape index (κ1) is 17.4. The molecule has 2 aliphatic heterocycles. The van der Waals surface area contributed by atoms with Gasteiger partial charge in [0.2, 0.25) is 5.91 Å². The van der Waals surface area contributed by atoms with Crippen molar-refractivity contribution in [1.29, 1.82) is 0 Å². The monoisotopic (exact) mass is 377 g/mol. The van der Waals surface area contributed by atoms with Crippen LogP contribution in [-0.4, -0.2) is 27.5 Å². The second-order valence-corrected chi connectivity index (χ2v) is 8.17. The number of carbonyl (C=O) groups is 1. The van der Waals surface area contributed by atoms with Crippen molar-refractivity contribution >= 4 is 16.8 Å². The van der Waals surface area contributed by atoms with Gasteiger partial charge in [-0.2, -0.15) is 0 Å². The number of halogens is 1. The van der Waals surface area contributed by atoms with Gasteiger partial charge >= 0.3 is 0 Å². The molecule has 1 amide bonds. The smallest absolute Gasteiger partial charge is 0.248 e. The zero-order chi connectivity index (χ0) is 19.3. The van der Waals surface area contributed by atoms with E-state index in [1.165, 1.54) is 18.4 Å². The third kappa shape index (κ3) is 3.00. The molecular weight excluding hydrogens is 353 g/mol. The van der Waals surface area contributed by atoms with Crippen LogP contribution < -0.4 is 5.73 Å². The van der Waals surface area contributed by atoms with E-state index in [9.17, 15) is 9.18 Å². The summed E-state index contributed by atoms with van der Waals surface area (Å²) in [7, 11) is 0. The molecule has 4 nitrogen and oxygen atoms in total. The molecule has 0 radical (unpaired) electrons. The number of hydrogen-bond acceptors (Lipinski definition) is 2. The Hall–Kier alpha value is -2.66. The molecule has 2 bridgehead atoms. The fourth-order valence-electron chi connectivity index (χ4n) is 5.15. The third-order valence-electron chi connectivity index (χ3n) is 6.54. The number of benzene rings is 2. The van der Waals surface area contributed by atoms with Crippen molar-refractivity contribution in [3.05, 3.63) is 71.7 Å². The number of rotatable bonds is 4. The molecule has 3 aromatic rings. The minimum absolute atomic E-state index is 0.180. The Kier molecular flexibility index (Phi) is 4.20. The van der Waals surface area contributed by atoms with Crippen molar-refractivity contribution in [2.24, 2.45) is 5.73 Å². The molecule has 28 heavy (non-hydrogen) atoms. The lowest BCUT2D eigenvalue weighted by Gasteiger charge is -2.40. The van der Waals surface area contributed by atoms with Gasteiger partial charge in [0.15, 0.2) is 0 Å². The van der Waals surface area contributed by atoms with Crippen LogP contribution in [0.2, 0.25) is 0 Å². The number of piperidine rings is 1. The number of fused-ring (bicyclic) bond motifs is 3. The van der Waals surface area contributed by atoms with E-state index in [-0.39, 0.29) is 11.7 Å². The maximum Gasteiger partial charge on any atom is 0.248 e. The maximum absolute atomic E-state index is 13.2. The van der Waals surface area contributed by atoms with Crippen LogP contribution in [0, 0.1) is 5.82 Å². The molecule has 0 aliphatic carbocycles. The Labute approximate surface area is 163 Å². The summed E-state index contributed by atoms with van der Waals surface area (Å²) in [6.45, 7) is 0.889. The van der Waals surface area contributed by atoms with Gasteiger partial charge in [0, 0.05) is 41.9 Å². The first-order chi connectivity index (χ1) is 13.6. The number of nitrogens with two attached hydrogens (primary N) is 1. The van der Waals surface area contributed by atoms with Gasteiger partial charge in [-0.05, 0) is 67.0 Å². The summed E-state index contributed by atoms with van der Waals surface area (Å²) in [5.41, 5.74) is 8.30. The molecule has 2 unspecified atom stereocenters. The van der Waals surface area contributed by atoms with Crippen molar-refractivity contribution in [1.82, 2.24) is 9.47 Å². The summed E-state index contributed by atoms with van der Waals surface area (Å²) in [4.78, 5) is 14.2. The summed E-state index contributed by atoms with van der Waals surface area (Å²) in [6, 6.07) is 16.2. The summed E-state index contributed by atoms with van der Waals surface area (Å²) in [5.74, 6) is -0.566. The number of hydrogen-bond donors (Lipinski definition) is 1. The van der Waals surface area contributed by atoms with Crippen LogP contribution in [0.25, 0.3) is 10.9 Å². The highest BCUT2D eigenvalue weighted by Gasteiger charge is 2.41. The highest BCUT2D eigenvalue weighted by atomic mass is 19.1. The summed E-state index contributed by atoms with van der Waals surface area (Å²) >= 11 is 0. The number of carbonyl (C=O) groups excluding carboxylic acids is 1. The molecule has 2 aromatic carbocycles. The van der Waals surface area contributed by atoms with Gasteiger partial charge in [0.25, 0.3) is 0 Å². The Bertz CT molecular complexity index is 1010. The van der Waals surface area contributed by atoms with Crippen molar-refractivity contribution in [2.75, 3.05) is 0 Å². The zero-order valence-corrected chi connectivity index (χ0v) is 15.7. The lowest BCUT2D eigenvalue weighted by Crippen LogP contribution is -2.42. The molecule has 2 N–H and O–H groups in total. The van der Waals surface area contributed by atoms with Gasteiger partial charge in [-0.15, -0.1) is 0 Å². The van der Waals surface area contributed by atoms with E-state index < -0.39 is 0 Å². The molecule has 2 atom stereocenters. The fraction of sp³-hybridized carbons (Fsp3) is 0.348. The zero-order valence-electron chi connectivity index (χ0n) is 15.7. The van der Waals surface area contributed by atoms with Gasteiger partial charge in [-0.1, -0.05) is 18.2 Å². The van der Waals surface area contributed by atoms with Crippen molar-refractivity contribution in [2.45, 2.75) is 50.4 Å².